The molecule has 1 atom stereocenters. The van der Waals surface area contributed by atoms with Gasteiger partial charge in [-0.1, -0.05) is 26.0 Å². The molecule has 0 unspecified atom stereocenters. The zero-order valence-corrected chi connectivity index (χ0v) is 16.4. The second-order valence-corrected chi connectivity index (χ2v) is 8.74. The van der Waals surface area contributed by atoms with Crippen LogP contribution in [0, 0.1) is 19.8 Å². The van der Waals surface area contributed by atoms with Crippen LogP contribution in [0.5, 0.6) is 0 Å². The Hall–Kier alpha value is -1.56. The second-order valence-electron chi connectivity index (χ2n) is 6.83. The zero-order chi connectivity index (χ0) is 18.5. The van der Waals surface area contributed by atoms with Gasteiger partial charge in [0.2, 0.25) is 15.9 Å². The number of rotatable bonds is 8. The van der Waals surface area contributed by atoms with Gasteiger partial charge >= 0.3 is 0 Å². The van der Waals surface area contributed by atoms with Crippen molar-refractivity contribution in [1.29, 1.82) is 0 Å². The Morgan fingerprint density at radius 1 is 1.21 bits per heavy atom. The number of sulfonamides is 1. The van der Waals surface area contributed by atoms with Crippen LogP contribution < -0.4 is 9.62 Å². The van der Waals surface area contributed by atoms with Crippen molar-refractivity contribution in [3.63, 3.8) is 0 Å². The summed E-state index contributed by atoms with van der Waals surface area (Å²) in [6, 6.07) is 5.86. The highest BCUT2D eigenvalue weighted by Crippen LogP contribution is 2.24. The van der Waals surface area contributed by atoms with E-state index in [0.29, 0.717) is 31.0 Å². The molecule has 1 amide bonds. The smallest absolute Gasteiger partial charge is 0.232 e. The van der Waals surface area contributed by atoms with Gasteiger partial charge in [-0.25, -0.2) is 8.42 Å². The summed E-state index contributed by atoms with van der Waals surface area (Å²) in [5.74, 6) is 0.335. The molecule has 0 fully saturated rings. The van der Waals surface area contributed by atoms with Crippen molar-refractivity contribution < 1.29 is 13.2 Å². The van der Waals surface area contributed by atoms with E-state index in [1.807, 2.05) is 39.0 Å². The van der Waals surface area contributed by atoms with Crippen LogP contribution in [0.3, 0.4) is 0 Å². The average Bonchev–Trinajstić information content (AvgIpc) is 2.45. The molecule has 0 aliphatic heterocycles. The minimum atomic E-state index is -3.39. The number of anilines is 1. The molecule has 0 aliphatic carbocycles. The average molecular weight is 355 g/mol. The maximum atomic E-state index is 12.2. The summed E-state index contributed by atoms with van der Waals surface area (Å²) in [5, 5.41) is 2.95. The van der Waals surface area contributed by atoms with E-state index in [0.717, 1.165) is 11.1 Å². The second kappa shape index (κ2) is 8.51. The monoisotopic (exact) mass is 354 g/mol. The lowest BCUT2D eigenvalue weighted by atomic mass is 10.1. The lowest BCUT2D eigenvalue weighted by molar-refractivity contribution is -0.122. The Morgan fingerprint density at radius 3 is 2.38 bits per heavy atom. The Kier molecular flexibility index (Phi) is 7.27. The van der Waals surface area contributed by atoms with E-state index in [-0.39, 0.29) is 11.9 Å². The van der Waals surface area contributed by atoms with Crippen LogP contribution >= 0.6 is 0 Å². The third kappa shape index (κ3) is 6.15. The van der Waals surface area contributed by atoms with E-state index in [1.54, 1.807) is 0 Å². The molecule has 0 aromatic heterocycles. The zero-order valence-electron chi connectivity index (χ0n) is 15.6. The van der Waals surface area contributed by atoms with Crippen LogP contribution in [0.1, 0.15) is 44.7 Å². The summed E-state index contributed by atoms with van der Waals surface area (Å²) >= 11 is 0. The molecule has 0 heterocycles. The van der Waals surface area contributed by atoms with Crippen molar-refractivity contribution in [3.05, 3.63) is 29.3 Å². The highest BCUT2D eigenvalue weighted by molar-refractivity contribution is 7.92. The number of hydrogen-bond donors (Lipinski definition) is 1. The Morgan fingerprint density at radius 2 is 1.83 bits per heavy atom. The predicted octanol–water partition coefficient (Wildman–Crippen LogP) is 3.01. The SMILES string of the molecule is Cc1ccc(C)c(N(CCCC(=O)N[C@H](C)C(C)C)S(C)(=O)=O)c1. The fourth-order valence-corrected chi connectivity index (χ4v) is 3.34. The lowest BCUT2D eigenvalue weighted by Crippen LogP contribution is -2.37. The van der Waals surface area contributed by atoms with Crippen LogP contribution in [0.4, 0.5) is 5.69 Å². The van der Waals surface area contributed by atoms with Gasteiger partial charge < -0.3 is 5.32 Å². The van der Waals surface area contributed by atoms with Gasteiger partial charge in [0.15, 0.2) is 0 Å². The number of hydrogen-bond acceptors (Lipinski definition) is 3. The van der Waals surface area contributed by atoms with Crippen molar-refractivity contribution in [2.45, 2.75) is 53.5 Å². The molecular weight excluding hydrogens is 324 g/mol. The molecule has 0 spiro atoms. The first-order chi connectivity index (χ1) is 11.0. The largest absolute Gasteiger partial charge is 0.353 e. The third-order valence-electron chi connectivity index (χ3n) is 4.19. The van der Waals surface area contributed by atoms with Crippen LogP contribution in [0.15, 0.2) is 18.2 Å². The van der Waals surface area contributed by atoms with Gasteiger partial charge in [-0.2, -0.15) is 0 Å². The summed E-state index contributed by atoms with van der Waals surface area (Å²) in [5.41, 5.74) is 2.60. The molecule has 1 rings (SSSR count). The summed E-state index contributed by atoms with van der Waals surface area (Å²) < 4.78 is 25.7. The van der Waals surface area contributed by atoms with Crippen LogP contribution in [0.2, 0.25) is 0 Å². The van der Waals surface area contributed by atoms with Crippen LogP contribution in [-0.2, 0) is 14.8 Å². The Labute approximate surface area is 146 Å². The quantitative estimate of drug-likeness (QED) is 0.780. The molecule has 0 radical (unpaired) electrons. The molecule has 0 aliphatic rings. The van der Waals surface area contributed by atoms with Gasteiger partial charge in [-0.3, -0.25) is 9.10 Å². The summed E-state index contributed by atoms with van der Waals surface area (Å²) in [6.07, 6.45) is 2.00. The van der Waals surface area contributed by atoms with Gasteiger partial charge in [0.1, 0.15) is 0 Å². The van der Waals surface area contributed by atoms with Crippen molar-refractivity contribution in [3.8, 4) is 0 Å². The standard InChI is InChI=1S/C18H30N2O3S/c1-13(2)16(5)19-18(21)8-7-11-20(24(6,22)23)17-12-14(3)9-10-15(17)4/h9-10,12-13,16H,7-8,11H2,1-6H3,(H,19,21)/t16-/m1/s1. The fraction of sp³-hybridized carbons (Fsp3) is 0.611. The Balaban J connectivity index is 2.76. The minimum Gasteiger partial charge on any atom is -0.353 e. The van der Waals surface area contributed by atoms with Crippen molar-refractivity contribution >= 4 is 21.6 Å². The van der Waals surface area contributed by atoms with Crippen molar-refractivity contribution in [2.75, 3.05) is 17.1 Å². The third-order valence-corrected chi connectivity index (χ3v) is 5.37. The van der Waals surface area contributed by atoms with Gasteiger partial charge in [0.05, 0.1) is 11.9 Å². The molecular formula is C18H30N2O3S. The molecule has 1 aromatic rings. The number of carbonyl (C=O) groups is 1. The molecule has 0 saturated heterocycles. The molecule has 1 N–H and O–H groups in total. The van der Waals surface area contributed by atoms with Crippen molar-refractivity contribution in [1.82, 2.24) is 5.32 Å². The van der Waals surface area contributed by atoms with E-state index < -0.39 is 10.0 Å². The predicted molar refractivity (Wildman–Crippen MR) is 99.8 cm³/mol. The van der Waals surface area contributed by atoms with E-state index in [9.17, 15) is 13.2 Å². The summed E-state index contributed by atoms with van der Waals surface area (Å²) in [6.45, 7) is 10.2. The van der Waals surface area contributed by atoms with Crippen LogP contribution in [0.25, 0.3) is 0 Å². The molecule has 5 nitrogen and oxygen atoms in total. The number of amides is 1. The van der Waals surface area contributed by atoms with Gasteiger partial charge in [0.25, 0.3) is 0 Å². The van der Waals surface area contributed by atoms with Gasteiger partial charge in [-0.05, 0) is 50.3 Å². The minimum absolute atomic E-state index is 0.0365. The Bertz CT molecular complexity index is 669. The van der Waals surface area contributed by atoms with Gasteiger partial charge in [-0.15, -0.1) is 0 Å². The highest BCUT2D eigenvalue weighted by Gasteiger charge is 2.20. The molecule has 6 heteroatoms. The van der Waals surface area contributed by atoms with E-state index >= 15 is 0 Å². The highest BCUT2D eigenvalue weighted by atomic mass is 32.2. The first-order valence-electron chi connectivity index (χ1n) is 8.36. The maximum Gasteiger partial charge on any atom is 0.232 e. The number of aryl methyl sites for hydroxylation is 2. The molecule has 0 bridgehead atoms. The van der Waals surface area contributed by atoms with Crippen molar-refractivity contribution in [2.24, 2.45) is 5.92 Å². The number of nitrogens with one attached hydrogen (secondary N) is 1. The first kappa shape index (κ1) is 20.5. The summed E-state index contributed by atoms with van der Waals surface area (Å²) in [7, 11) is -3.39. The number of benzene rings is 1. The van der Waals surface area contributed by atoms with E-state index in [2.05, 4.69) is 19.2 Å². The topological polar surface area (TPSA) is 66.5 Å². The number of carbonyl (C=O) groups excluding carboxylic acids is 1. The summed E-state index contributed by atoms with van der Waals surface area (Å²) in [4.78, 5) is 12.0. The molecule has 1 aromatic carbocycles. The van der Waals surface area contributed by atoms with E-state index in [4.69, 9.17) is 0 Å². The molecule has 0 saturated carbocycles. The van der Waals surface area contributed by atoms with E-state index in [1.165, 1.54) is 10.6 Å². The molecule has 136 valence electrons. The first-order valence-corrected chi connectivity index (χ1v) is 10.2. The lowest BCUT2D eigenvalue weighted by Gasteiger charge is -2.25. The normalized spacial score (nSPS) is 13.0. The number of nitrogens with zero attached hydrogens (tertiary/aromatic N) is 1. The van der Waals surface area contributed by atoms with Crippen LogP contribution in [-0.4, -0.2) is 33.2 Å². The van der Waals surface area contributed by atoms with Gasteiger partial charge in [0, 0.05) is 19.0 Å². The maximum absolute atomic E-state index is 12.2. The molecule has 24 heavy (non-hydrogen) atoms. The fourth-order valence-electron chi connectivity index (χ4n) is 2.33.